The Labute approximate surface area is 113 Å². The Hall–Kier alpha value is -2.10. The molecule has 1 aromatic carbocycles. The van der Waals surface area contributed by atoms with Crippen LogP contribution >= 0.6 is 0 Å². The molecule has 0 unspecified atom stereocenters. The average Bonchev–Trinajstić information content (AvgIpc) is 2.44. The smallest absolute Gasteiger partial charge is 0.130 e. The number of hydrogen-bond donors (Lipinski definition) is 1. The molecule has 0 aliphatic carbocycles. The predicted octanol–water partition coefficient (Wildman–Crippen LogP) is 2.97. The molecule has 0 amide bonds. The lowest BCUT2D eigenvalue weighted by Gasteiger charge is -2.09. The van der Waals surface area contributed by atoms with Crippen LogP contribution in [0.5, 0.6) is 5.75 Å². The van der Waals surface area contributed by atoms with Crippen LogP contribution in [0.25, 0.3) is 0 Å². The molecule has 1 aromatic heterocycles. The van der Waals surface area contributed by atoms with Gasteiger partial charge in [-0.05, 0) is 31.0 Å². The number of methoxy groups -OCH3 is 1. The third-order valence-corrected chi connectivity index (χ3v) is 2.86. The van der Waals surface area contributed by atoms with Crippen LogP contribution in [0, 0.1) is 6.92 Å². The van der Waals surface area contributed by atoms with Crippen LogP contribution in [-0.4, -0.2) is 17.1 Å². The van der Waals surface area contributed by atoms with Crippen molar-refractivity contribution in [2.45, 2.75) is 26.8 Å². The maximum atomic E-state index is 5.21. The van der Waals surface area contributed by atoms with Gasteiger partial charge in [0.25, 0.3) is 0 Å². The zero-order valence-corrected chi connectivity index (χ0v) is 11.6. The predicted molar refractivity (Wildman–Crippen MR) is 76.5 cm³/mol. The third-order valence-electron chi connectivity index (χ3n) is 2.86. The number of nitrogens with zero attached hydrogens (tertiary/aromatic N) is 2. The fraction of sp³-hybridized carbons (Fsp3) is 0.333. The Morgan fingerprint density at radius 1 is 1.21 bits per heavy atom. The maximum absolute atomic E-state index is 5.21. The van der Waals surface area contributed by atoms with Gasteiger partial charge in [0, 0.05) is 18.3 Å². The van der Waals surface area contributed by atoms with Crippen molar-refractivity contribution >= 4 is 5.82 Å². The Balaban J connectivity index is 2.07. The summed E-state index contributed by atoms with van der Waals surface area (Å²) in [5.74, 6) is 2.53. The van der Waals surface area contributed by atoms with E-state index in [1.165, 1.54) is 0 Å². The number of hydrogen-bond acceptors (Lipinski definition) is 4. The number of aromatic nitrogens is 2. The fourth-order valence-corrected chi connectivity index (χ4v) is 1.88. The molecule has 0 radical (unpaired) electrons. The summed E-state index contributed by atoms with van der Waals surface area (Å²) in [4.78, 5) is 8.75. The first-order valence-electron chi connectivity index (χ1n) is 6.42. The molecule has 100 valence electrons. The molecule has 1 heterocycles. The second-order valence-corrected chi connectivity index (χ2v) is 4.35. The lowest BCUT2D eigenvalue weighted by Crippen LogP contribution is -2.04. The van der Waals surface area contributed by atoms with E-state index in [2.05, 4.69) is 28.3 Å². The van der Waals surface area contributed by atoms with Gasteiger partial charge < -0.3 is 10.1 Å². The molecule has 4 nitrogen and oxygen atoms in total. The molecule has 2 aromatic rings. The summed E-state index contributed by atoms with van der Waals surface area (Å²) in [5, 5.41) is 3.32. The molecule has 0 fully saturated rings. The molecule has 0 saturated heterocycles. The first-order chi connectivity index (χ1) is 9.21. The average molecular weight is 257 g/mol. The molecule has 0 atom stereocenters. The molecular formula is C15H19N3O. The Morgan fingerprint density at radius 2 is 2.05 bits per heavy atom. The Bertz CT molecular complexity index is 555. The van der Waals surface area contributed by atoms with E-state index in [-0.39, 0.29) is 0 Å². The van der Waals surface area contributed by atoms with Crippen molar-refractivity contribution in [3.8, 4) is 5.75 Å². The van der Waals surface area contributed by atoms with E-state index in [4.69, 9.17) is 4.74 Å². The molecule has 0 spiro atoms. The summed E-state index contributed by atoms with van der Waals surface area (Å²) in [5.41, 5.74) is 2.22. The van der Waals surface area contributed by atoms with E-state index >= 15 is 0 Å². The van der Waals surface area contributed by atoms with Crippen LogP contribution < -0.4 is 10.1 Å². The van der Waals surface area contributed by atoms with Gasteiger partial charge in [-0.15, -0.1) is 0 Å². The van der Waals surface area contributed by atoms with E-state index in [0.717, 1.165) is 41.6 Å². The van der Waals surface area contributed by atoms with E-state index < -0.39 is 0 Å². The lowest BCUT2D eigenvalue weighted by atomic mass is 10.2. The van der Waals surface area contributed by atoms with Crippen LogP contribution in [0.2, 0.25) is 0 Å². The van der Waals surface area contributed by atoms with E-state index in [1.807, 2.05) is 31.2 Å². The summed E-state index contributed by atoms with van der Waals surface area (Å²) >= 11 is 0. The zero-order valence-electron chi connectivity index (χ0n) is 11.6. The van der Waals surface area contributed by atoms with E-state index in [1.54, 1.807) is 7.11 Å². The Morgan fingerprint density at radius 3 is 2.79 bits per heavy atom. The number of rotatable bonds is 5. The molecule has 2 rings (SSSR count). The highest BCUT2D eigenvalue weighted by Gasteiger charge is 2.01. The normalized spacial score (nSPS) is 10.3. The van der Waals surface area contributed by atoms with Gasteiger partial charge >= 0.3 is 0 Å². The second-order valence-electron chi connectivity index (χ2n) is 4.35. The quantitative estimate of drug-likeness (QED) is 0.894. The third kappa shape index (κ3) is 3.68. The molecule has 1 N–H and O–H groups in total. The molecule has 19 heavy (non-hydrogen) atoms. The highest BCUT2D eigenvalue weighted by Crippen LogP contribution is 2.14. The number of anilines is 1. The minimum absolute atomic E-state index is 0.719. The van der Waals surface area contributed by atoms with Crippen molar-refractivity contribution in [1.82, 2.24) is 9.97 Å². The highest BCUT2D eigenvalue weighted by molar-refractivity contribution is 5.38. The van der Waals surface area contributed by atoms with Gasteiger partial charge in [-0.25, -0.2) is 9.97 Å². The SMILES string of the molecule is CCc1cc(NCc2cccc(OC)c2)nc(C)n1. The topological polar surface area (TPSA) is 47.0 Å². The summed E-state index contributed by atoms with van der Waals surface area (Å²) in [6.07, 6.45) is 0.914. The van der Waals surface area contributed by atoms with Crippen molar-refractivity contribution in [2.24, 2.45) is 0 Å². The van der Waals surface area contributed by atoms with E-state index in [9.17, 15) is 0 Å². The van der Waals surface area contributed by atoms with Crippen LogP contribution in [0.1, 0.15) is 24.0 Å². The molecule has 0 aliphatic heterocycles. The van der Waals surface area contributed by atoms with Crippen LogP contribution in [-0.2, 0) is 13.0 Å². The number of ether oxygens (including phenoxy) is 1. The fourth-order valence-electron chi connectivity index (χ4n) is 1.88. The standard InChI is InChI=1S/C15H19N3O/c1-4-13-9-15(18-11(2)17-13)16-10-12-6-5-7-14(8-12)19-3/h5-9H,4,10H2,1-3H3,(H,16,17,18). The maximum Gasteiger partial charge on any atom is 0.130 e. The monoisotopic (exact) mass is 257 g/mol. The van der Waals surface area contributed by atoms with Gasteiger partial charge in [0.2, 0.25) is 0 Å². The van der Waals surface area contributed by atoms with Crippen molar-refractivity contribution in [1.29, 1.82) is 0 Å². The minimum atomic E-state index is 0.719. The number of benzene rings is 1. The van der Waals surface area contributed by atoms with Crippen molar-refractivity contribution in [3.05, 3.63) is 47.4 Å². The molecular weight excluding hydrogens is 238 g/mol. The van der Waals surface area contributed by atoms with Crippen molar-refractivity contribution in [2.75, 3.05) is 12.4 Å². The molecule has 0 aliphatic rings. The Kier molecular flexibility index (Phi) is 4.34. The van der Waals surface area contributed by atoms with Gasteiger partial charge in [0.15, 0.2) is 0 Å². The number of nitrogens with one attached hydrogen (secondary N) is 1. The summed E-state index contributed by atoms with van der Waals surface area (Å²) in [6, 6.07) is 9.99. The van der Waals surface area contributed by atoms with Gasteiger partial charge in [-0.2, -0.15) is 0 Å². The molecule has 4 heteroatoms. The molecule has 0 saturated carbocycles. The largest absolute Gasteiger partial charge is 0.497 e. The van der Waals surface area contributed by atoms with Crippen LogP contribution in [0.3, 0.4) is 0 Å². The van der Waals surface area contributed by atoms with Crippen molar-refractivity contribution in [3.63, 3.8) is 0 Å². The van der Waals surface area contributed by atoms with Gasteiger partial charge in [0.1, 0.15) is 17.4 Å². The van der Waals surface area contributed by atoms with E-state index in [0.29, 0.717) is 0 Å². The van der Waals surface area contributed by atoms with Gasteiger partial charge in [0.05, 0.1) is 7.11 Å². The van der Waals surface area contributed by atoms with Crippen LogP contribution in [0.4, 0.5) is 5.82 Å². The first kappa shape index (κ1) is 13.3. The lowest BCUT2D eigenvalue weighted by molar-refractivity contribution is 0.414. The zero-order chi connectivity index (χ0) is 13.7. The summed E-state index contributed by atoms with van der Waals surface area (Å²) < 4.78 is 5.21. The molecule has 0 bridgehead atoms. The highest BCUT2D eigenvalue weighted by atomic mass is 16.5. The van der Waals surface area contributed by atoms with Crippen molar-refractivity contribution < 1.29 is 4.74 Å². The van der Waals surface area contributed by atoms with Crippen LogP contribution in [0.15, 0.2) is 30.3 Å². The van der Waals surface area contributed by atoms with Gasteiger partial charge in [-0.1, -0.05) is 19.1 Å². The van der Waals surface area contributed by atoms with Gasteiger partial charge in [-0.3, -0.25) is 0 Å². The number of aryl methyl sites for hydroxylation is 2. The first-order valence-corrected chi connectivity index (χ1v) is 6.42. The summed E-state index contributed by atoms with van der Waals surface area (Å²) in [6.45, 7) is 4.72. The second kappa shape index (κ2) is 6.18. The summed E-state index contributed by atoms with van der Waals surface area (Å²) in [7, 11) is 1.67. The minimum Gasteiger partial charge on any atom is -0.497 e.